The summed E-state index contributed by atoms with van der Waals surface area (Å²) in [6, 6.07) is 16.4. The molecule has 0 radical (unpaired) electrons. The van der Waals surface area contributed by atoms with E-state index in [-0.39, 0.29) is 17.0 Å². The highest BCUT2D eigenvalue weighted by Crippen LogP contribution is 2.41. The monoisotopic (exact) mass is 418 g/mol. The Hall–Kier alpha value is -1.92. The molecule has 0 atom stereocenters. The highest BCUT2D eigenvalue weighted by atomic mass is 79.9. The van der Waals surface area contributed by atoms with Crippen molar-refractivity contribution in [3.63, 3.8) is 0 Å². The summed E-state index contributed by atoms with van der Waals surface area (Å²) in [5.74, 6) is 2.52. The molecular weight excluding hydrogens is 400 g/mol. The van der Waals surface area contributed by atoms with Gasteiger partial charge in [-0.25, -0.2) is 4.98 Å². The summed E-state index contributed by atoms with van der Waals surface area (Å²) in [6.45, 7) is 0.991. The average Bonchev–Trinajstić information content (AvgIpc) is 3.22. The summed E-state index contributed by atoms with van der Waals surface area (Å²) in [6.07, 6.45) is 0. The first-order chi connectivity index (χ1) is 11.8. The first-order valence-electron chi connectivity index (χ1n) is 7.83. The molecule has 2 aromatic carbocycles. The molecule has 0 saturated carbocycles. The molecule has 0 fully saturated rings. The fourth-order valence-corrected chi connectivity index (χ4v) is 4.00. The Labute approximate surface area is 162 Å². The van der Waals surface area contributed by atoms with Crippen molar-refractivity contribution < 1.29 is 9.47 Å². The van der Waals surface area contributed by atoms with Crippen molar-refractivity contribution in [1.29, 1.82) is 0 Å². The van der Waals surface area contributed by atoms with Crippen LogP contribution in [0.15, 0.2) is 53.7 Å². The van der Waals surface area contributed by atoms with E-state index in [0.29, 0.717) is 0 Å². The smallest absolute Gasteiger partial charge is 0.169 e. The summed E-state index contributed by atoms with van der Waals surface area (Å²) in [5.41, 5.74) is 4.38. The van der Waals surface area contributed by atoms with Crippen molar-refractivity contribution >= 4 is 28.7 Å². The Bertz CT molecular complexity index is 881. The lowest BCUT2D eigenvalue weighted by atomic mass is 10.0. The van der Waals surface area contributed by atoms with Crippen LogP contribution in [0, 0.1) is 0 Å². The van der Waals surface area contributed by atoms with Crippen molar-refractivity contribution in [1.82, 2.24) is 9.55 Å². The van der Waals surface area contributed by atoms with Gasteiger partial charge in [-0.2, -0.15) is 0 Å². The molecule has 0 unspecified atom stereocenters. The fourth-order valence-electron chi connectivity index (χ4n) is 3.05. The number of aromatic nitrogens is 2. The highest BCUT2D eigenvalue weighted by molar-refractivity contribution is 8.93. The van der Waals surface area contributed by atoms with E-state index in [9.17, 15) is 0 Å². The van der Waals surface area contributed by atoms with E-state index < -0.39 is 0 Å². The number of thioether (sulfide) groups is 1. The number of methoxy groups -OCH3 is 2. The molecule has 0 amide bonds. The number of imidazole rings is 1. The second-order valence-electron chi connectivity index (χ2n) is 5.53. The normalized spacial score (nSPS) is 12.4. The summed E-state index contributed by atoms with van der Waals surface area (Å²) in [5, 5.41) is 1.08. The van der Waals surface area contributed by atoms with Gasteiger partial charge in [0.1, 0.15) is 0 Å². The van der Waals surface area contributed by atoms with Gasteiger partial charge in [-0.1, -0.05) is 42.1 Å². The highest BCUT2D eigenvalue weighted by Gasteiger charge is 2.24. The molecule has 6 heteroatoms. The summed E-state index contributed by atoms with van der Waals surface area (Å²) >= 11 is 1.81. The Balaban J connectivity index is 0.00000182. The van der Waals surface area contributed by atoms with Gasteiger partial charge in [0.05, 0.1) is 25.6 Å². The third-order valence-corrected chi connectivity index (χ3v) is 5.14. The van der Waals surface area contributed by atoms with Crippen LogP contribution in [0.2, 0.25) is 0 Å². The van der Waals surface area contributed by atoms with Gasteiger partial charge in [-0.15, -0.1) is 17.0 Å². The van der Waals surface area contributed by atoms with E-state index in [1.807, 2.05) is 24.3 Å². The molecule has 4 rings (SSSR count). The summed E-state index contributed by atoms with van der Waals surface area (Å²) in [7, 11) is 3.30. The van der Waals surface area contributed by atoms with Gasteiger partial charge in [-0.3, -0.25) is 0 Å². The molecule has 1 aromatic heterocycles. The third-order valence-electron chi connectivity index (χ3n) is 4.18. The number of nitrogens with zero attached hydrogens (tertiary/aromatic N) is 2. The van der Waals surface area contributed by atoms with E-state index in [2.05, 4.69) is 28.8 Å². The maximum Gasteiger partial charge on any atom is 0.169 e. The molecule has 4 nitrogen and oxygen atoms in total. The van der Waals surface area contributed by atoms with Gasteiger partial charge >= 0.3 is 0 Å². The van der Waals surface area contributed by atoms with Crippen molar-refractivity contribution in [2.75, 3.05) is 20.0 Å². The quantitative estimate of drug-likeness (QED) is 0.602. The van der Waals surface area contributed by atoms with Crippen molar-refractivity contribution in [2.24, 2.45) is 0 Å². The van der Waals surface area contributed by atoms with Crippen molar-refractivity contribution in [3.8, 4) is 34.0 Å². The predicted molar refractivity (Wildman–Crippen MR) is 107 cm³/mol. The zero-order valence-electron chi connectivity index (χ0n) is 14.1. The van der Waals surface area contributed by atoms with Crippen LogP contribution in [0.3, 0.4) is 0 Å². The lowest BCUT2D eigenvalue weighted by Crippen LogP contribution is -1.97. The molecule has 1 aliphatic rings. The fraction of sp³-hybridized carbons (Fsp3) is 0.211. The first kappa shape index (κ1) is 17.9. The molecule has 130 valence electrons. The minimum Gasteiger partial charge on any atom is -0.493 e. The second-order valence-corrected chi connectivity index (χ2v) is 6.59. The molecule has 3 aromatic rings. The van der Waals surface area contributed by atoms with E-state index in [0.717, 1.165) is 40.2 Å². The number of halogens is 1. The Morgan fingerprint density at radius 3 is 2.44 bits per heavy atom. The molecule has 1 aliphatic heterocycles. The maximum absolute atomic E-state index is 5.46. The van der Waals surface area contributed by atoms with Crippen LogP contribution in [0.25, 0.3) is 22.5 Å². The third kappa shape index (κ3) is 3.16. The Kier molecular flexibility index (Phi) is 5.39. The largest absolute Gasteiger partial charge is 0.493 e. The molecule has 2 heterocycles. The second kappa shape index (κ2) is 7.54. The maximum atomic E-state index is 5.46. The topological polar surface area (TPSA) is 36.3 Å². The number of rotatable bonds is 4. The van der Waals surface area contributed by atoms with Gasteiger partial charge in [0.25, 0.3) is 0 Å². The van der Waals surface area contributed by atoms with E-state index in [4.69, 9.17) is 14.5 Å². The number of fused-ring (bicyclic) bond motifs is 1. The molecule has 0 bridgehead atoms. The van der Waals surface area contributed by atoms with Gasteiger partial charge in [-0.05, 0) is 18.2 Å². The number of hydrogen-bond donors (Lipinski definition) is 0. The number of benzene rings is 2. The van der Waals surface area contributed by atoms with Crippen LogP contribution >= 0.6 is 28.7 Å². The molecule has 0 aliphatic carbocycles. The molecule has 0 spiro atoms. The zero-order valence-corrected chi connectivity index (χ0v) is 16.6. The predicted octanol–water partition coefficient (Wildman–Crippen LogP) is 4.92. The Morgan fingerprint density at radius 1 is 0.960 bits per heavy atom. The summed E-state index contributed by atoms with van der Waals surface area (Å²) < 4.78 is 13.1. The molecule has 0 N–H and O–H groups in total. The van der Waals surface area contributed by atoms with E-state index >= 15 is 0 Å². The standard InChI is InChI=1S/C19H18N2O2S.BrH/c1-22-15-9-8-14(12-16(15)23-2)17-18(13-6-4-3-5-7-13)21-10-11-24-19(21)20-17;/h3-9,12H,10-11H2,1-2H3;1H. The molecule has 25 heavy (non-hydrogen) atoms. The lowest BCUT2D eigenvalue weighted by Gasteiger charge is -2.11. The van der Waals surface area contributed by atoms with Gasteiger partial charge in [0, 0.05) is 23.4 Å². The Morgan fingerprint density at radius 2 is 1.72 bits per heavy atom. The SMILES string of the molecule is Br.COc1ccc(-c2nc3n(c2-c2ccccc2)CCS3)cc1OC. The summed E-state index contributed by atoms with van der Waals surface area (Å²) in [4.78, 5) is 4.90. The van der Waals surface area contributed by atoms with Crippen LogP contribution in [0.1, 0.15) is 0 Å². The van der Waals surface area contributed by atoms with E-state index in [1.165, 1.54) is 11.3 Å². The number of ether oxygens (including phenoxy) is 2. The van der Waals surface area contributed by atoms with Gasteiger partial charge in [0.2, 0.25) is 0 Å². The van der Waals surface area contributed by atoms with Crippen LogP contribution in [0.4, 0.5) is 0 Å². The van der Waals surface area contributed by atoms with E-state index in [1.54, 1.807) is 26.0 Å². The molecule has 0 saturated heterocycles. The van der Waals surface area contributed by atoms with Crippen LogP contribution in [-0.4, -0.2) is 29.5 Å². The molecular formula is C19H19BrN2O2S. The van der Waals surface area contributed by atoms with Gasteiger partial charge < -0.3 is 14.0 Å². The zero-order chi connectivity index (χ0) is 16.5. The lowest BCUT2D eigenvalue weighted by molar-refractivity contribution is 0.355. The van der Waals surface area contributed by atoms with Crippen molar-refractivity contribution in [2.45, 2.75) is 11.7 Å². The minimum atomic E-state index is 0. The van der Waals surface area contributed by atoms with Crippen LogP contribution in [-0.2, 0) is 6.54 Å². The minimum absolute atomic E-state index is 0. The van der Waals surface area contributed by atoms with Gasteiger partial charge in [0.15, 0.2) is 16.7 Å². The number of hydrogen-bond acceptors (Lipinski definition) is 4. The van der Waals surface area contributed by atoms with Crippen molar-refractivity contribution in [3.05, 3.63) is 48.5 Å². The van der Waals surface area contributed by atoms with Crippen LogP contribution in [0.5, 0.6) is 11.5 Å². The average molecular weight is 419 g/mol. The first-order valence-corrected chi connectivity index (χ1v) is 8.81. The van der Waals surface area contributed by atoms with Crippen LogP contribution < -0.4 is 9.47 Å².